The molecule has 21 N–H and O–H groups in total. The third-order valence-electron chi connectivity index (χ3n) is 14.2. The molecule has 0 radical (unpaired) electrons. The second-order valence-corrected chi connectivity index (χ2v) is 23.8. The Morgan fingerprint density at radius 2 is 1.13 bits per heavy atom. The first kappa shape index (κ1) is 68.7. The Bertz CT molecular complexity index is 3340. The van der Waals surface area contributed by atoms with Crippen molar-refractivity contribution in [1.29, 1.82) is 0 Å². The molecule has 31 heteroatoms. The summed E-state index contributed by atoms with van der Waals surface area (Å²) in [6.07, 6.45) is 5.18. The molecule has 5 unspecified atom stereocenters. The molecule has 478 valence electrons. The first-order valence-corrected chi connectivity index (χ1v) is 31.5. The minimum atomic E-state index is -1.48. The minimum Gasteiger partial charge on any atom is -0.370 e. The summed E-state index contributed by atoms with van der Waals surface area (Å²) in [5.41, 5.74) is 30.5. The van der Waals surface area contributed by atoms with Crippen LogP contribution in [0.5, 0.6) is 0 Å². The number of hydrogen-bond acceptors (Lipinski definition) is 15. The highest BCUT2D eigenvalue weighted by Gasteiger charge is 2.35. The highest BCUT2D eigenvalue weighted by atomic mass is 33.1. The van der Waals surface area contributed by atoms with Crippen LogP contribution in [0.4, 0.5) is 0 Å². The SMILES string of the molecule is CCCCC1NC(=O)C(NC(C)=O)CSSC[C@@H](C(N)=O)NC(=O)CNC(=O)C(Cc2c[nH]c3ccccc23)NC(=O)[C@H](CCCN=C(N)N)NC(=O)C(Cc2ccc3ccccc3c2)NC(=O)[C@H](Cc2cnc[nH]2)NC(=O)C(CCCN=C(N)N)NC1=O. The van der Waals surface area contributed by atoms with E-state index in [-0.39, 0.29) is 87.9 Å². The number of primary amides is 1. The van der Waals surface area contributed by atoms with Gasteiger partial charge in [-0.05, 0) is 60.1 Å². The van der Waals surface area contributed by atoms with Crippen molar-refractivity contribution in [1.82, 2.24) is 62.8 Å². The normalized spacial score (nSPS) is 21.8. The summed E-state index contributed by atoms with van der Waals surface area (Å²) in [5.74, 6) is -8.80. The van der Waals surface area contributed by atoms with Crippen LogP contribution in [0, 0.1) is 0 Å². The third kappa shape index (κ3) is 22.4. The standard InChI is InChI=1S/C58H79N19O10S2/c1-3-4-14-40-51(82)72-41(16-9-20-65-57(60)61)53(84)77-45(25-37-27-64-31-69-37)55(86)75-43(23-33-18-19-34-11-5-6-12-35(34)22-33)54(85)73-42(17-10-21-66-58(62)63)52(83)76-44(24-36-26-67-39-15-8-7-13-38(36)39)50(81)68-28-48(79)71-46(49(59)80)29-88-89-30-47(56(87)74-40)70-32(2)78/h5-8,11-13,15,18-19,22,26-27,31,40-47,67H,3-4,9-10,14,16-17,20-21,23-25,28-30H2,1-2H3,(H2,59,80)(H,64,69)(H,68,81)(H,70,78)(H,71,79)(H,72,82)(H,73,85)(H,74,87)(H,75,86)(H,76,83)(H,77,84)(H4,60,61,65)(H4,62,63,66)/t40?,41?,42-,43?,44?,45-,46-,47?/m0/s1. The number of aliphatic imine (C=N–C) groups is 2. The number of amides is 10. The Hall–Kier alpha value is -9.39. The van der Waals surface area contributed by atoms with E-state index in [1.807, 2.05) is 61.5 Å². The van der Waals surface area contributed by atoms with E-state index in [1.54, 1.807) is 18.3 Å². The summed E-state index contributed by atoms with van der Waals surface area (Å²) in [6.45, 7) is 2.44. The first-order chi connectivity index (χ1) is 42.7. The number of carbonyl (C=O) groups is 10. The smallest absolute Gasteiger partial charge is 0.244 e. The Kier molecular flexibility index (Phi) is 26.9. The van der Waals surface area contributed by atoms with E-state index in [0.29, 0.717) is 29.7 Å². The maximum atomic E-state index is 15.1. The third-order valence-corrected chi connectivity index (χ3v) is 16.6. The number of imidazole rings is 1. The number of unbranched alkanes of at least 4 members (excludes halogenated alkanes) is 1. The van der Waals surface area contributed by atoms with E-state index < -0.39 is 114 Å². The molecule has 5 aromatic rings. The van der Waals surface area contributed by atoms with Crippen molar-refractivity contribution < 1.29 is 47.9 Å². The van der Waals surface area contributed by atoms with Gasteiger partial charge in [0.2, 0.25) is 59.1 Å². The van der Waals surface area contributed by atoms with Crippen molar-refractivity contribution in [2.24, 2.45) is 38.7 Å². The van der Waals surface area contributed by atoms with Gasteiger partial charge in [-0.1, -0.05) is 102 Å². The van der Waals surface area contributed by atoms with E-state index >= 15 is 9.59 Å². The lowest BCUT2D eigenvalue weighted by Crippen LogP contribution is -2.61. The fourth-order valence-electron chi connectivity index (χ4n) is 9.61. The van der Waals surface area contributed by atoms with Crippen molar-refractivity contribution in [3.05, 3.63) is 102 Å². The predicted octanol–water partition coefficient (Wildman–Crippen LogP) is -1.74. The summed E-state index contributed by atoms with van der Waals surface area (Å²) >= 11 is 0. The molecule has 89 heavy (non-hydrogen) atoms. The lowest BCUT2D eigenvalue weighted by molar-refractivity contribution is -0.135. The Balaban J connectivity index is 1.43. The van der Waals surface area contributed by atoms with Crippen molar-refractivity contribution in [3.63, 3.8) is 0 Å². The number of guanidine groups is 2. The molecule has 2 aromatic heterocycles. The molecule has 0 spiro atoms. The quantitative estimate of drug-likeness (QED) is 0.0189. The van der Waals surface area contributed by atoms with Crippen LogP contribution in [-0.4, -0.2) is 165 Å². The number of rotatable bonds is 19. The summed E-state index contributed by atoms with van der Waals surface area (Å²) in [5, 5.41) is 26.7. The largest absolute Gasteiger partial charge is 0.370 e. The molecule has 6 rings (SSSR count). The van der Waals surface area contributed by atoms with Gasteiger partial charge < -0.3 is 86.5 Å². The van der Waals surface area contributed by atoms with Crippen LogP contribution < -0.4 is 76.5 Å². The number of nitrogens with zero attached hydrogens (tertiary/aromatic N) is 3. The van der Waals surface area contributed by atoms with Gasteiger partial charge in [0.25, 0.3) is 0 Å². The molecule has 1 aliphatic rings. The number of aromatic nitrogens is 3. The molecule has 1 saturated heterocycles. The molecular formula is C58H79N19O10S2. The van der Waals surface area contributed by atoms with Gasteiger partial charge in [0.1, 0.15) is 48.3 Å². The van der Waals surface area contributed by atoms with Crippen LogP contribution in [-0.2, 0) is 67.2 Å². The Morgan fingerprint density at radius 1 is 0.596 bits per heavy atom. The monoisotopic (exact) mass is 1270 g/mol. The molecule has 1 fully saturated rings. The van der Waals surface area contributed by atoms with Gasteiger partial charge in [-0.15, -0.1) is 0 Å². The number of nitrogens with one attached hydrogen (secondary N) is 11. The van der Waals surface area contributed by atoms with Gasteiger partial charge in [-0.25, -0.2) is 4.98 Å². The van der Waals surface area contributed by atoms with Crippen molar-refractivity contribution in [2.45, 2.75) is 126 Å². The lowest BCUT2D eigenvalue weighted by Gasteiger charge is -2.28. The molecule has 3 aromatic carbocycles. The number of H-pyrrole nitrogens is 2. The van der Waals surface area contributed by atoms with E-state index in [4.69, 9.17) is 28.7 Å². The first-order valence-electron chi connectivity index (χ1n) is 29.0. The van der Waals surface area contributed by atoms with Crippen LogP contribution in [0.3, 0.4) is 0 Å². The number of para-hydroxylation sites is 1. The van der Waals surface area contributed by atoms with Gasteiger partial charge >= 0.3 is 0 Å². The lowest BCUT2D eigenvalue weighted by atomic mass is 9.99. The Labute approximate surface area is 521 Å². The van der Waals surface area contributed by atoms with Gasteiger partial charge in [0.15, 0.2) is 11.9 Å². The summed E-state index contributed by atoms with van der Waals surface area (Å²) < 4.78 is 0. The second kappa shape index (κ2) is 34.8. The van der Waals surface area contributed by atoms with Crippen LogP contribution in [0.1, 0.15) is 75.6 Å². The molecule has 0 saturated carbocycles. The molecule has 0 bridgehead atoms. The molecule has 8 atom stereocenters. The van der Waals surface area contributed by atoms with Crippen LogP contribution in [0.15, 0.2) is 95.4 Å². The highest BCUT2D eigenvalue weighted by molar-refractivity contribution is 8.76. The predicted molar refractivity (Wildman–Crippen MR) is 340 cm³/mol. The van der Waals surface area contributed by atoms with Gasteiger partial charge in [0.05, 0.1) is 12.9 Å². The van der Waals surface area contributed by atoms with Crippen molar-refractivity contribution >= 4 is 114 Å². The molecule has 3 heterocycles. The maximum absolute atomic E-state index is 15.1. The van der Waals surface area contributed by atoms with Crippen LogP contribution in [0.2, 0.25) is 0 Å². The highest BCUT2D eigenvalue weighted by Crippen LogP contribution is 2.24. The molecule has 1 aliphatic heterocycles. The number of carbonyl (C=O) groups excluding carboxylic acids is 10. The number of hydrogen-bond donors (Lipinski definition) is 16. The van der Waals surface area contributed by atoms with Gasteiger partial charge in [-0.2, -0.15) is 0 Å². The van der Waals surface area contributed by atoms with Crippen molar-refractivity contribution in [2.75, 3.05) is 31.1 Å². The van der Waals surface area contributed by atoms with Gasteiger partial charge in [-0.3, -0.25) is 57.9 Å². The topological polar surface area (TPSA) is 478 Å². The summed E-state index contributed by atoms with van der Waals surface area (Å²) in [7, 11) is 2.08. The average Bonchev–Trinajstić information content (AvgIpc) is 2.37. The minimum absolute atomic E-state index is 0.0213. The summed E-state index contributed by atoms with van der Waals surface area (Å²) in [4.78, 5) is 160. The van der Waals surface area contributed by atoms with E-state index in [9.17, 15) is 38.4 Å². The van der Waals surface area contributed by atoms with Crippen LogP contribution >= 0.6 is 21.6 Å². The zero-order valence-electron chi connectivity index (χ0n) is 49.4. The summed E-state index contributed by atoms with van der Waals surface area (Å²) in [6, 6.07) is 9.22. The molecule has 0 aliphatic carbocycles. The second-order valence-electron chi connectivity index (χ2n) is 21.2. The van der Waals surface area contributed by atoms with E-state index in [1.165, 1.54) is 19.4 Å². The van der Waals surface area contributed by atoms with Crippen molar-refractivity contribution in [3.8, 4) is 0 Å². The fraction of sp³-hybridized carbons (Fsp3) is 0.431. The molecule has 29 nitrogen and oxygen atoms in total. The number of fused-ring (bicyclic) bond motifs is 2. The average molecular weight is 1270 g/mol. The van der Waals surface area contributed by atoms with E-state index in [0.717, 1.165) is 43.3 Å². The zero-order chi connectivity index (χ0) is 64.4. The number of nitrogens with two attached hydrogens (primary N) is 5. The number of benzene rings is 3. The van der Waals surface area contributed by atoms with Crippen LogP contribution in [0.25, 0.3) is 21.7 Å². The maximum Gasteiger partial charge on any atom is 0.244 e. The van der Waals surface area contributed by atoms with Gasteiger partial charge in [0, 0.05) is 79.8 Å². The fourth-order valence-corrected chi connectivity index (χ4v) is 12.0. The zero-order valence-corrected chi connectivity index (χ0v) is 51.1. The Morgan fingerprint density at radius 3 is 1.72 bits per heavy atom. The molecular weight excluding hydrogens is 1190 g/mol. The van der Waals surface area contributed by atoms with E-state index in [2.05, 4.69) is 72.8 Å². The molecule has 10 amide bonds. The number of aromatic amines is 2.